The Balaban J connectivity index is 0.992. The van der Waals surface area contributed by atoms with Crippen LogP contribution in [0.15, 0.2) is 255 Å². The maximum atomic E-state index is 5.52. The van der Waals surface area contributed by atoms with E-state index >= 15 is 0 Å². The number of benzene rings is 12. The summed E-state index contributed by atoms with van der Waals surface area (Å²) in [4.78, 5) is 11.0. The Bertz CT molecular complexity index is 4290. The third kappa shape index (κ3) is 5.65. The third-order valence-electron chi connectivity index (χ3n) is 15.5. The first-order valence-corrected chi connectivity index (χ1v) is 24.6. The van der Waals surface area contributed by atoms with Gasteiger partial charge in [0.05, 0.1) is 16.8 Å². The van der Waals surface area contributed by atoms with Crippen LogP contribution in [0.1, 0.15) is 22.3 Å². The van der Waals surface area contributed by atoms with Crippen molar-refractivity contribution in [3.8, 4) is 78.4 Å². The summed E-state index contributed by atoms with van der Waals surface area (Å²) in [5.41, 5.74) is 19.7. The van der Waals surface area contributed by atoms with Gasteiger partial charge in [-0.05, 0) is 116 Å². The van der Waals surface area contributed by atoms with Crippen LogP contribution < -0.4 is 0 Å². The summed E-state index contributed by atoms with van der Waals surface area (Å²) in [7, 11) is 0. The van der Waals surface area contributed by atoms with Crippen molar-refractivity contribution in [3.05, 3.63) is 277 Å². The largest absolute Gasteiger partial charge is 0.228 e. The fourth-order valence-electron chi connectivity index (χ4n) is 12.7. The van der Waals surface area contributed by atoms with Gasteiger partial charge in [0.2, 0.25) is 0 Å². The lowest BCUT2D eigenvalue weighted by atomic mass is 9.70. The van der Waals surface area contributed by atoms with Gasteiger partial charge in [0.15, 0.2) is 5.82 Å². The minimum absolute atomic E-state index is 0.460. The zero-order valence-corrected chi connectivity index (χ0v) is 38.6. The molecule has 1 spiro atoms. The van der Waals surface area contributed by atoms with Crippen LogP contribution >= 0.6 is 0 Å². The van der Waals surface area contributed by atoms with E-state index in [0.717, 1.165) is 33.5 Å². The Morgan fingerprint density at radius 1 is 0.254 bits per heavy atom. The molecule has 1 heterocycles. The van der Waals surface area contributed by atoms with Crippen LogP contribution in [0.5, 0.6) is 0 Å². The van der Waals surface area contributed by atoms with E-state index in [1.807, 2.05) is 0 Å². The number of fused-ring (bicyclic) bond motifs is 15. The summed E-state index contributed by atoms with van der Waals surface area (Å²) in [6, 6.07) is 93.5. The predicted molar refractivity (Wildman–Crippen MR) is 296 cm³/mol. The highest BCUT2D eigenvalue weighted by Gasteiger charge is 2.52. The highest BCUT2D eigenvalue weighted by atomic mass is 14.9. The van der Waals surface area contributed by atoms with Gasteiger partial charge >= 0.3 is 0 Å². The highest BCUT2D eigenvalue weighted by molar-refractivity contribution is 6.29. The number of rotatable bonds is 5. The van der Waals surface area contributed by atoms with Crippen molar-refractivity contribution in [1.29, 1.82) is 0 Å². The minimum Gasteiger partial charge on any atom is -0.228 e. The number of nitrogens with zero attached hydrogens (tertiary/aromatic N) is 2. The Morgan fingerprint density at radius 2 is 0.732 bits per heavy atom. The standard InChI is InChI=1S/C69H42N2/c1-3-21-44(22-4-1)64-52-30-11-12-31-53(52)67(66-46-25-8-7-20-43(46)38-39-57(64)66)54-41-40-51(47-26-9-10-27-48(47)54)62-42-63(71-68(70-62)45-23-5-2-6-24-45)56-33-19-37-61-65(56)55-32-15-18-36-60(55)69(61)58-34-16-13-28-49(58)50-29-14-17-35-59(50)69/h1-42H. The molecule has 0 aliphatic heterocycles. The van der Waals surface area contributed by atoms with Crippen molar-refractivity contribution in [2.45, 2.75) is 5.41 Å². The molecule has 0 atom stereocenters. The molecule has 0 radical (unpaired) electrons. The zero-order valence-electron chi connectivity index (χ0n) is 38.6. The van der Waals surface area contributed by atoms with E-state index in [1.54, 1.807) is 0 Å². The Hall–Kier alpha value is -9.24. The molecule has 15 rings (SSSR count). The lowest BCUT2D eigenvalue weighted by Crippen LogP contribution is -2.25. The molecule has 2 nitrogen and oxygen atoms in total. The topological polar surface area (TPSA) is 25.8 Å². The molecule has 0 fully saturated rings. The van der Waals surface area contributed by atoms with Gasteiger partial charge < -0.3 is 0 Å². The molecule has 0 N–H and O–H groups in total. The fraction of sp³-hybridized carbons (Fsp3) is 0.0145. The smallest absolute Gasteiger partial charge is 0.160 e. The van der Waals surface area contributed by atoms with Gasteiger partial charge in [-0.2, -0.15) is 0 Å². The molecule has 1 aromatic heterocycles. The molecular formula is C69H42N2. The molecule has 0 bridgehead atoms. The van der Waals surface area contributed by atoms with Crippen molar-refractivity contribution in [1.82, 2.24) is 9.97 Å². The molecule has 0 saturated heterocycles. The molecule has 0 unspecified atom stereocenters. The Kier molecular flexibility index (Phi) is 8.61. The fourth-order valence-corrected chi connectivity index (χ4v) is 12.7. The molecule has 328 valence electrons. The Labute approximate surface area is 411 Å². The highest BCUT2D eigenvalue weighted by Crippen LogP contribution is 2.64. The van der Waals surface area contributed by atoms with Crippen LogP contribution in [0.25, 0.3) is 122 Å². The normalized spacial score (nSPS) is 12.9. The first kappa shape index (κ1) is 39.7. The van der Waals surface area contributed by atoms with Gasteiger partial charge in [0.1, 0.15) is 0 Å². The third-order valence-corrected chi connectivity index (χ3v) is 15.5. The predicted octanol–water partition coefficient (Wildman–Crippen LogP) is 17.8. The quantitative estimate of drug-likeness (QED) is 0.127. The van der Waals surface area contributed by atoms with Gasteiger partial charge in [-0.3, -0.25) is 0 Å². The summed E-state index contributed by atoms with van der Waals surface area (Å²) in [5.74, 6) is 0.696. The van der Waals surface area contributed by atoms with Crippen LogP contribution in [-0.4, -0.2) is 9.97 Å². The van der Waals surface area contributed by atoms with Gasteiger partial charge in [0.25, 0.3) is 0 Å². The molecule has 2 aliphatic rings. The van der Waals surface area contributed by atoms with E-state index < -0.39 is 5.41 Å². The summed E-state index contributed by atoms with van der Waals surface area (Å²) < 4.78 is 0. The molecule has 0 saturated carbocycles. The van der Waals surface area contributed by atoms with Crippen LogP contribution in [0, 0.1) is 0 Å². The number of aromatic nitrogens is 2. The van der Waals surface area contributed by atoms with Gasteiger partial charge in [0, 0.05) is 16.7 Å². The second kappa shape index (κ2) is 15.4. The van der Waals surface area contributed by atoms with Crippen molar-refractivity contribution in [2.75, 3.05) is 0 Å². The van der Waals surface area contributed by atoms with Gasteiger partial charge in [-0.15, -0.1) is 0 Å². The van der Waals surface area contributed by atoms with E-state index in [9.17, 15) is 0 Å². The molecular weight excluding hydrogens is 857 g/mol. The number of hydrogen-bond acceptors (Lipinski definition) is 2. The summed E-state index contributed by atoms with van der Waals surface area (Å²) in [5, 5.41) is 9.75. The Morgan fingerprint density at radius 3 is 1.42 bits per heavy atom. The van der Waals surface area contributed by atoms with Crippen LogP contribution in [0.3, 0.4) is 0 Å². The first-order chi connectivity index (χ1) is 35.3. The van der Waals surface area contributed by atoms with Gasteiger partial charge in [-0.1, -0.05) is 249 Å². The van der Waals surface area contributed by atoms with E-state index in [4.69, 9.17) is 9.97 Å². The average molecular weight is 899 g/mol. The van der Waals surface area contributed by atoms with Gasteiger partial charge in [-0.25, -0.2) is 9.97 Å². The second-order valence-electron chi connectivity index (χ2n) is 19.0. The second-order valence-corrected chi connectivity index (χ2v) is 19.0. The van der Waals surface area contributed by atoms with Crippen molar-refractivity contribution in [2.24, 2.45) is 0 Å². The van der Waals surface area contributed by atoms with Crippen molar-refractivity contribution >= 4 is 43.1 Å². The summed E-state index contributed by atoms with van der Waals surface area (Å²) in [6.07, 6.45) is 0. The number of hydrogen-bond donors (Lipinski definition) is 0. The van der Waals surface area contributed by atoms with Crippen LogP contribution in [-0.2, 0) is 5.41 Å². The molecule has 71 heavy (non-hydrogen) atoms. The first-order valence-electron chi connectivity index (χ1n) is 24.6. The molecule has 2 aliphatic carbocycles. The summed E-state index contributed by atoms with van der Waals surface area (Å²) in [6.45, 7) is 0. The SMILES string of the molecule is c1ccc(-c2nc(-c3cccc4c3-c3ccccc3C43c4ccccc4-c4ccccc43)cc(-c3ccc(-c4c5ccccc5c(-c5ccccc5)c5ccc6ccccc6c45)c4ccccc34)n2)cc1. The average Bonchev–Trinajstić information content (AvgIpc) is 3.93. The maximum Gasteiger partial charge on any atom is 0.160 e. The van der Waals surface area contributed by atoms with Crippen molar-refractivity contribution in [3.63, 3.8) is 0 Å². The van der Waals surface area contributed by atoms with E-state index in [1.165, 1.54) is 104 Å². The zero-order chi connectivity index (χ0) is 46.6. The van der Waals surface area contributed by atoms with E-state index in [0.29, 0.717) is 5.82 Å². The van der Waals surface area contributed by atoms with Crippen LogP contribution in [0.2, 0.25) is 0 Å². The summed E-state index contributed by atoms with van der Waals surface area (Å²) >= 11 is 0. The minimum atomic E-state index is -0.460. The molecule has 2 heteroatoms. The monoisotopic (exact) mass is 898 g/mol. The molecule has 0 amide bonds. The molecule has 13 aromatic rings. The van der Waals surface area contributed by atoms with Crippen LogP contribution in [0.4, 0.5) is 0 Å². The van der Waals surface area contributed by atoms with Crippen molar-refractivity contribution < 1.29 is 0 Å². The molecule has 12 aromatic carbocycles. The van der Waals surface area contributed by atoms with E-state index in [2.05, 4.69) is 255 Å². The van der Waals surface area contributed by atoms with E-state index in [-0.39, 0.29) is 0 Å². The lowest BCUT2D eigenvalue weighted by molar-refractivity contribution is 0.794. The maximum absolute atomic E-state index is 5.52. The lowest BCUT2D eigenvalue weighted by Gasteiger charge is -2.30.